The van der Waals surface area contributed by atoms with Crippen molar-refractivity contribution in [3.05, 3.63) is 69.6 Å². The number of fused-ring (bicyclic) bond motifs is 2. The van der Waals surface area contributed by atoms with Crippen LogP contribution in [0.5, 0.6) is 11.5 Å². The molecule has 0 saturated carbocycles. The Kier molecular flexibility index (Phi) is 4.39. The van der Waals surface area contributed by atoms with E-state index in [0.717, 1.165) is 31.0 Å². The summed E-state index contributed by atoms with van der Waals surface area (Å²) in [7, 11) is 3.30. The van der Waals surface area contributed by atoms with E-state index in [2.05, 4.69) is 11.0 Å². The predicted octanol–water partition coefficient (Wildman–Crippen LogP) is 3.37. The van der Waals surface area contributed by atoms with Gasteiger partial charge in [-0.1, -0.05) is 12.1 Å². The van der Waals surface area contributed by atoms with Crippen molar-refractivity contribution in [3.8, 4) is 11.5 Å². The molecular weight excluding hydrogens is 330 g/mol. The lowest BCUT2D eigenvalue weighted by molar-refractivity contribution is 0.242. The second-order valence-corrected chi connectivity index (χ2v) is 6.52. The minimum Gasteiger partial charge on any atom is -0.493 e. The lowest BCUT2D eigenvalue weighted by atomic mass is 9.98. The van der Waals surface area contributed by atoms with Crippen molar-refractivity contribution in [2.45, 2.75) is 19.5 Å². The summed E-state index contributed by atoms with van der Waals surface area (Å²) in [5.74, 6) is 1.49. The van der Waals surface area contributed by atoms with Crippen molar-refractivity contribution < 1.29 is 13.9 Å². The molecule has 1 aliphatic heterocycles. The summed E-state index contributed by atoms with van der Waals surface area (Å²) >= 11 is 0. The van der Waals surface area contributed by atoms with Crippen LogP contribution in [0, 0.1) is 0 Å². The molecule has 0 bridgehead atoms. The molecule has 5 heteroatoms. The average molecular weight is 351 g/mol. The first-order valence-electron chi connectivity index (χ1n) is 8.65. The Balaban J connectivity index is 1.60. The van der Waals surface area contributed by atoms with E-state index >= 15 is 0 Å². The molecule has 0 saturated heterocycles. The normalized spacial score (nSPS) is 14.2. The van der Waals surface area contributed by atoms with Gasteiger partial charge in [0, 0.05) is 25.2 Å². The first-order chi connectivity index (χ1) is 12.7. The molecule has 26 heavy (non-hydrogen) atoms. The Bertz CT molecular complexity index is 1010. The molecule has 2 heterocycles. The van der Waals surface area contributed by atoms with Gasteiger partial charge >= 0.3 is 0 Å². The van der Waals surface area contributed by atoms with Crippen molar-refractivity contribution in [3.63, 3.8) is 0 Å². The van der Waals surface area contributed by atoms with Crippen LogP contribution in [0.3, 0.4) is 0 Å². The largest absolute Gasteiger partial charge is 0.493 e. The Labute approximate surface area is 151 Å². The number of ether oxygens (including phenoxy) is 2. The second kappa shape index (κ2) is 6.84. The molecule has 4 rings (SSSR count). The van der Waals surface area contributed by atoms with Gasteiger partial charge in [-0.15, -0.1) is 0 Å². The SMILES string of the molecule is COc1cc2c(cc1OC)CN(Cc1coc3ccccc3c1=O)CC2. The molecule has 0 atom stereocenters. The Morgan fingerprint density at radius 2 is 1.81 bits per heavy atom. The fourth-order valence-electron chi connectivity index (χ4n) is 3.54. The highest BCUT2D eigenvalue weighted by Gasteiger charge is 2.20. The zero-order valence-electron chi connectivity index (χ0n) is 15.0. The number of hydrogen-bond donors (Lipinski definition) is 0. The third-order valence-electron chi connectivity index (χ3n) is 4.94. The van der Waals surface area contributed by atoms with Crippen LogP contribution in [0.1, 0.15) is 16.7 Å². The fourth-order valence-corrected chi connectivity index (χ4v) is 3.54. The smallest absolute Gasteiger partial charge is 0.197 e. The van der Waals surface area contributed by atoms with E-state index in [1.807, 2.05) is 30.3 Å². The maximum absolute atomic E-state index is 12.7. The Morgan fingerprint density at radius 3 is 2.58 bits per heavy atom. The number of methoxy groups -OCH3 is 2. The van der Waals surface area contributed by atoms with Gasteiger partial charge in [-0.2, -0.15) is 0 Å². The van der Waals surface area contributed by atoms with Crippen molar-refractivity contribution in [2.24, 2.45) is 0 Å². The number of rotatable bonds is 4. The average Bonchev–Trinajstić information content (AvgIpc) is 2.69. The van der Waals surface area contributed by atoms with Gasteiger partial charge in [-0.3, -0.25) is 9.69 Å². The molecule has 3 aromatic rings. The molecule has 0 radical (unpaired) electrons. The highest BCUT2D eigenvalue weighted by atomic mass is 16.5. The van der Waals surface area contributed by atoms with Gasteiger partial charge in [-0.05, 0) is 41.8 Å². The second-order valence-electron chi connectivity index (χ2n) is 6.52. The molecule has 5 nitrogen and oxygen atoms in total. The standard InChI is InChI=1S/C21H21NO4/c1-24-19-9-14-7-8-22(11-15(14)10-20(19)25-2)12-16-13-26-18-6-4-3-5-17(18)21(16)23/h3-6,9-10,13H,7-8,11-12H2,1-2H3. The number of nitrogens with zero attached hydrogens (tertiary/aromatic N) is 1. The van der Waals surface area contributed by atoms with E-state index in [9.17, 15) is 4.79 Å². The number of para-hydroxylation sites is 1. The Morgan fingerprint density at radius 1 is 1.08 bits per heavy atom. The summed E-state index contributed by atoms with van der Waals surface area (Å²) < 4.78 is 16.4. The van der Waals surface area contributed by atoms with Gasteiger partial charge in [0.1, 0.15) is 5.58 Å². The van der Waals surface area contributed by atoms with Crippen molar-refractivity contribution in [1.82, 2.24) is 4.90 Å². The first-order valence-corrected chi connectivity index (χ1v) is 8.65. The molecule has 2 aromatic carbocycles. The highest BCUT2D eigenvalue weighted by molar-refractivity contribution is 5.76. The lowest BCUT2D eigenvalue weighted by Gasteiger charge is -2.29. The maximum Gasteiger partial charge on any atom is 0.197 e. The van der Waals surface area contributed by atoms with Crippen LogP contribution in [0.15, 0.2) is 51.9 Å². The molecule has 0 spiro atoms. The van der Waals surface area contributed by atoms with Crippen LogP contribution in [-0.4, -0.2) is 25.7 Å². The van der Waals surface area contributed by atoms with Crippen LogP contribution in [0.2, 0.25) is 0 Å². The van der Waals surface area contributed by atoms with Crippen LogP contribution >= 0.6 is 0 Å². The van der Waals surface area contributed by atoms with E-state index < -0.39 is 0 Å². The molecule has 1 aliphatic rings. The van der Waals surface area contributed by atoms with Crippen LogP contribution in [0.25, 0.3) is 11.0 Å². The third kappa shape index (κ3) is 2.95. The van der Waals surface area contributed by atoms with E-state index in [1.165, 1.54) is 11.1 Å². The van der Waals surface area contributed by atoms with Crippen LogP contribution in [-0.2, 0) is 19.5 Å². The molecular formula is C21H21NO4. The minimum absolute atomic E-state index is 0.0463. The summed E-state index contributed by atoms with van der Waals surface area (Å²) in [5, 5.41) is 0.633. The molecule has 1 aromatic heterocycles. The van der Waals surface area contributed by atoms with Gasteiger partial charge in [0.05, 0.1) is 25.9 Å². The zero-order valence-corrected chi connectivity index (χ0v) is 15.0. The van der Waals surface area contributed by atoms with Gasteiger partial charge in [0.2, 0.25) is 0 Å². The molecule has 0 fully saturated rings. The quantitative estimate of drug-likeness (QED) is 0.721. The molecule has 0 unspecified atom stereocenters. The lowest BCUT2D eigenvalue weighted by Crippen LogP contribution is -2.31. The van der Waals surface area contributed by atoms with E-state index in [-0.39, 0.29) is 5.43 Å². The number of benzene rings is 2. The topological polar surface area (TPSA) is 51.9 Å². The number of hydrogen-bond acceptors (Lipinski definition) is 5. The van der Waals surface area contributed by atoms with Crippen LogP contribution in [0.4, 0.5) is 0 Å². The summed E-state index contributed by atoms with van der Waals surface area (Å²) in [6, 6.07) is 11.4. The van der Waals surface area contributed by atoms with E-state index in [1.54, 1.807) is 20.5 Å². The molecule has 0 N–H and O–H groups in total. The first kappa shape index (κ1) is 16.7. The maximum atomic E-state index is 12.7. The van der Waals surface area contributed by atoms with Crippen molar-refractivity contribution in [2.75, 3.05) is 20.8 Å². The fraction of sp³-hybridized carbons (Fsp3) is 0.286. The zero-order chi connectivity index (χ0) is 18.1. The Hall–Kier alpha value is -2.79. The van der Waals surface area contributed by atoms with Gasteiger partial charge < -0.3 is 13.9 Å². The van der Waals surface area contributed by atoms with Crippen molar-refractivity contribution >= 4 is 11.0 Å². The summed E-state index contributed by atoms with van der Waals surface area (Å²) in [4.78, 5) is 15.0. The van der Waals surface area contributed by atoms with Gasteiger partial charge in [-0.25, -0.2) is 0 Å². The van der Waals surface area contributed by atoms with E-state index in [4.69, 9.17) is 13.9 Å². The van der Waals surface area contributed by atoms with Gasteiger partial charge in [0.15, 0.2) is 16.9 Å². The molecule has 0 amide bonds. The van der Waals surface area contributed by atoms with Crippen molar-refractivity contribution in [1.29, 1.82) is 0 Å². The summed E-state index contributed by atoms with van der Waals surface area (Å²) in [6.07, 6.45) is 2.50. The van der Waals surface area contributed by atoms with Gasteiger partial charge in [0.25, 0.3) is 0 Å². The highest BCUT2D eigenvalue weighted by Crippen LogP contribution is 2.33. The minimum atomic E-state index is 0.0463. The summed E-state index contributed by atoms with van der Waals surface area (Å²) in [5.41, 5.74) is 3.84. The monoisotopic (exact) mass is 351 g/mol. The molecule has 134 valence electrons. The van der Waals surface area contributed by atoms with Crippen LogP contribution < -0.4 is 14.9 Å². The predicted molar refractivity (Wildman–Crippen MR) is 99.8 cm³/mol. The van der Waals surface area contributed by atoms with E-state index in [0.29, 0.717) is 23.1 Å². The summed E-state index contributed by atoms with van der Waals surface area (Å²) in [6.45, 7) is 2.22. The molecule has 0 aliphatic carbocycles. The third-order valence-corrected chi connectivity index (χ3v) is 4.94.